The fourth-order valence-electron chi connectivity index (χ4n) is 6.42. The van der Waals surface area contributed by atoms with Crippen molar-refractivity contribution in [2.24, 2.45) is 0 Å². The summed E-state index contributed by atoms with van der Waals surface area (Å²) in [7, 11) is 0. The van der Waals surface area contributed by atoms with Crippen molar-refractivity contribution in [3.63, 3.8) is 0 Å². The van der Waals surface area contributed by atoms with Crippen LogP contribution < -0.4 is 0 Å². The molecule has 0 bridgehead atoms. The summed E-state index contributed by atoms with van der Waals surface area (Å²) in [5.41, 5.74) is 8.15. The van der Waals surface area contributed by atoms with Crippen LogP contribution in [0.15, 0.2) is 150 Å². The number of hydrogen-bond acceptors (Lipinski definition) is 4. The Morgan fingerprint density at radius 2 is 0.957 bits per heavy atom. The Balaban J connectivity index is 1.21. The van der Waals surface area contributed by atoms with Crippen molar-refractivity contribution in [3.05, 3.63) is 151 Å². The second-order valence-corrected chi connectivity index (χ2v) is 11.8. The van der Waals surface area contributed by atoms with Crippen molar-refractivity contribution in [1.29, 1.82) is 0 Å². The summed E-state index contributed by atoms with van der Waals surface area (Å²) in [4.78, 5) is 15.0. The molecule has 2 heterocycles. The fourth-order valence-corrected chi connectivity index (χ4v) is 6.42. The SMILES string of the molecule is Cc1ccc(-c2nc(-c3ccc(-c4ccccc4)cc3)nc(-c3ccc4c(ccc5ccc6oc7ccccc7c6c54)c3)n2)cc1. The van der Waals surface area contributed by atoms with Crippen LogP contribution in [-0.4, -0.2) is 15.0 Å². The summed E-state index contributed by atoms with van der Waals surface area (Å²) in [6.07, 6.45) is 0. The van der Waals surface area contributed by atoms with Gasteiger partial charge in [0.1, 0.15) is 11.2 Å². The molecule has 0 atom stereocenters. The van der Waals surface area contributed by atoms with Gasteiger partial charge in [0.05, 0.1) is 0 Å². The van der Waals surface area contributed by atoms with Crippen LogP contribution in [0.5, 0.6) is 0 Å². The zero-order valence-corrected chi connectivity index (χ0v) is 25.1. The zero-order valence-electron chi connectivity index (χ0n) is 25.1. The first-order valence-corrected chi connectivity index (χ1v) is 15.4. The molecule has 7 aromatic carbocycles. The van der Waals surface area contributed by atoms with E-state index < -0.39 is 0 Å². The largest absolute Gasteiger partial charge is 0.456 e. The summed E-state index contributed by atoms with van der Waals surface area (Å²) >= 11 is 0. The lowest BCUT2D eigenvalue weighted by Crippen LogP contribution is -2.00. The predicted molar refractivity (Wildman–Crippen MR) is 189 cm³/mol. The Morgan fingerprint density at radius 1 is 0.391 bits per heavy atom. The Kier molecular flexibility index (Phi) is 6.00. The highest BCUT2D eigenvalue weighted by Gasteiger charge is 2.16. The van der Waals surface area contributed by atoms with E-state index in [4.69, 9.17) is 19.4 Å². The first kappa shape index (κ1) is 26.3. The van der Waals surface area contributed by atoms with E-state index in [-0.39, 0.29) is 0 Å². The molecule has 2 aromatic heterocycles. The number of rotatable bonds is 4. The molecule has 0 amide bonds. The summed E-state index contributed by atoms with van der Waals surface area (Å²) < 4.78 is 6.23. The molecule has 0 saturated heterocycles. The van der Waals surface area contributed by atoms with Crippen LogP contribution in [0.3, 0.4) is 0 Å². The molecular weight excluding hydrogens is 562 g/mol. The molecule has 0 unspecified atom stereocenters. The molecule has 46 heavy (non-hydrogen) atoms. The Bertz CT molecular complexity index is 2570. The number of fused-ring (bicyclic) bond motifs is 7. The van der Waals surface area contributed by atoms with E-state index in [0.717, 1.165) is 49.6 Å². The second kappa shape index (κ2) is 10.5. The van der Waals surface area contributed by atoms with Crippen molar-refractivity contribution >= 4 is 43.5 Å². The Labute approximate surface area is 265 Å². The van der Waals surface area contributed by atoms with Gasteiger partial charge in [0.15, 0.2) is 17.5 Å². The lowest BCUT2D eigenvalue weighted by molar-refractivity contribution is 0.669. The van der Waals surface area contributed by atoms with Gasteiger partial charge in [0.2, 0.25) is 0 Å². The second-order valence-electron chi connectivity index (χ2n) is 11.8. The van der Waals surface area contributed by atoms with Crippen molar-refractivity contribution in [3.8, 4) is 45.3 Å². The van der Waals surface area contributed by atoms with Gasteiger partial charge in [-0.15, -0.1) is 0 Å². The van der Waals surface area contributed by atoms with Gasteiger partial charge in [-0.05, 0) is 52.4 Å². The minimum absolute atomic E-state index is 0.640. The zero-order chi connectivity index (χ0) is 30.6. The molecule has 9 aromatic rings. The van der Waals surface area contributed by atoms with E-state index in [1.54, 1.807) is 0 Å². The molecule has 0 N–H and O–H groups in total. The summed E-state index contributed by atoms with van der Waals surface area (Å²) in [6.45, 7) is 2.08. The summed E-state index contributed by atoms with van der Waals surface area (Å²) in [6, 6.07) is 50.5. The molecular formula is C42H27N3O. The molecule has 0 aliphatic rings. The lowest BCUT2D eigenvalue weighted by Gasteiger charge is -2.11. The fraction of sp³-hybridized carbons (Fsp3) is 0.0238. The van der Waals surface area contributed by atoms with Crippen LogP contribution in [-0.2, 0) is 0 Å². The average molecular weight is 590 g/mol. The van der Waals surface area contributed by atoms with Crippen molar-refractivity contribution in [2.75, 3.05) is 0 Å². The highest BCUT2D eigenvalue weighted by Crippen LogP contribution is 2.39. The van der Waals surface area contributed by atoms with Crippen LogP contribution >= 0.6 is 0 Å². The standard InChI is InChI=1S/C42H27N3O/c1-26-11-13-30(14-12-26)40-43-41(31-18-15-28(16-19-31)27-7-3-2-4-8-27)45-42(44-40)33-21-23-34-32(25-33)20-17-29-22-24-37-39(38(29)34)35-9-5-6-10-36(35)46-37/h2-25H,1H3. The minimum atomic E-state index is 0.640. The average Bonchev–Trinajstić information content (AvgIpc) is 3.51. The molecule has 0 spiro atoms. The van der Waals surface area contributed by atoms with Crippen molar-refractivity contribution < 1.29 is 4.42 Å². The smallest absolute Gasteiger partial charge is 0.164 e. The molecule has 9 rings (SSSR count). The van der Waals surface area contributed by atoms with Gasteiger partial charge >= 0.3 is 0 Å². The summed E-state index contributed by atoms with van der Waals surface area (Å²) in [5, 5.41) is 6.94. The maximum absolute atomic E-state index is 6.23. The van der Waals surface area contributed by atoms with Crippen LogP contribution in [0.4, 0.5) is 0 Å². The molecule has 0 aliphatic heterocycles. The number of nitrogens with zero attached hydrogens (tertiary/aromatic N) is 3. The summed E-state index contributed by atoms with van der Waals surface area (Å²) in [5.74, 6) is 1.93. The van der Waals surface area contributed by atoms with Crippen LogP contribution in [0.2, 0.25) is 0 Å². The molecule has 216 valence electrons. The van der Waals surface area contributed by atoms with Crippen LogP contribution in [0.25, 0.3) is 88.8 Å². The number of aryl methyl sites for hydroxylation is 1. The highest BCUT2D eigenvalue weighted by atomic mass is 16.3. The number of para-hydroxylation sites is 1. The van der Waals surface area contributed by atoms with E-state index in [0.29, 0.717) is 17.5 Å². The van der Waals surface area contributed by atoms with Gasteiger partial charge in [-0.25, -0.2) is 15.0 Å². The van der Waals surface area contributed by atoms with Crippen LogP contribution in [0.1, 0.15) is 5.56 Å². The first-order valence-electron chi connectivity index (χ1n) is 15.4. The molecule has 0 radical (unpaired) electrons. The van der Waals surface area contributed by atoms with Gasteiger partial charge in [-0.1, -0.05) is 133 Å². The number of furan rings is 1. The molecule has 4 heteroatoms. The maximum atomic E-state index is 6.23. The highest BCUT2D eigenvalue weighted by molar-refractivity contribution is 6.26. The monoisotopic (exact) mass is 589 g/mol. The maximum Gasteiger partial charge on any atom is 0.164 e. The third-order valence-electron chi connectivity index (χ3n) is 8.79. The number of hydrogen-bond donors (Lipinski definition) is 0. The topological polar surface area (TPSA) is 51.8 Å². The van der Waals surface area contributed by atoms with Gasteiger partial charge in [-0.3, -0.25) is 0 Å². The Morgan fingerprint density at radius 3 is 1.72 bits per heavy atom. The van der Waals surface area contributed by atoms with Gasteiger partial charge in [0, 0.05) is 32.8 Å². The van der Waals surface area contributed by atoms with Gasteiger partial charge in [0.25, 0.3) is 0 Å². The normalized spacial score (nSPS) is 11.6. The molecule has 0 fully saturated rings. The van der Waals surface area contributed by atoms with E-state index in [1.165, 1.54) is 27.3 Å². The molecule has 4 nitrogen and oxygen atoms in total. The minimum Gasteiger partial charge on any atom is -0.456 e. The number of aromatic nitrogens is 3. The third kappa shape index (κ3) is 4.42. The van der Waals surface area contributed by atoms with Crippen molar-refractivity contribution in [2.45, 2.75) is 6.92 Å². The van der Waals surface area contributed by atoms with E-state index >= 15 is 0 Å². The quantitative estimate of drug-likeness (QED) is 0.192. The Hall–Kier alpha value is -6.13. The predicted octanol–water partition coefficient (Wildman–Crippen LogP) is 11.1. The third-order valence-corrected chi connectivity index (χ3v) is 8.79. The van der Waals surface area contributed by atoms with Crippen molar-refractivity contribution in [1.82, 2.24) is 15.0 Å². The van der Waals surface area contributed by atoms with E-state index in [1.807, 2.05) is 18.2 Å². The molecule has 0 aliphatic carbocycles. The first-order chi connectivity index (χ1) is 22.7. The van der Waals surface area contributed by atoms with Gasteiger partial charge in [-0.2, -0.15) is 0 Å². The van der Waals surface area contributed by atoms with Crippen LogP contribution in [0, 0.1) is 6.92 Å². The number of benzene rings is 7. The van der Waals surface area contributed by atoms with E-state index in [2.05, 4.69) is 134 Å². The molecule has 0 saturated carbocycles. The van der Waals surface area contributed by atoms with Gasteiger partial charge < -0.3 is 4.42 Å². The van der Waals surface area contributed by atoms with E-state index in [9.17, 15) is 0 Å². The lowest BCUT2D eigenvalue weighted by atomic mass is 9.96.